The molecule has 3 aromatic rings. The Labute approximate surface area is 199 Å². The molecule has 1 aliphatic rings. The van der Waals surface area contributed by atoms with Crippen molar-refractivity contribution in [3.05, 3.63) is 106 Å². The Kier molecular flexibility index (Phi) is 7.22. The summed E-state index contributed by atoms with van der Waals surface area (Å²) in [5, 5.41) is 14.9. The van der Waals surface area contributed by atoms with Crippen molar-refractivity contribution in [1.29, 1.82) is 0 Å². The molecule has 0 aliphatic carbocycles. The van der Waals surface area contributed by atoms with Crippen LogP contribution in [0, 0.1) is 10.1 Å². The van der Waals surface area contributed by atoms with Gasteiger partial charge in [0.05, 0.1) is 4.92 Å². The number of nitrogens with zero attached hydrogens (tertiary/aromatic N) is 3. The lowest BCUT2D eigenvalue weighted by Crippen LogP contribution is -2.48. The van der Waals surface area contributed by atoms with Gasteiger partial charge in [-0.25, -0.2) is 0 Å². The van der Waals surface area contributed by atoms with E-state index in [2.05, 4.69) is 10.2 Å². The van der Waals surface area contributed by atoms with Crippen molar-refractivity contribution in [2.75, 3.05) is 36.4 Å². The molecule has 174 valence electrons. The molecule has 0 spiro atoms. The number of nitro groups is 1. The van der Waals surface area contributed by atoms with Gasteiger partial charge in [0, 0.05) is 50.1 Å². The van der Waals surface area contributed by atoms with E-state index < -0.39 is 0 Å². The highest BCUT2D eigenvalue weighted by atomic mass is 16.6. The monoisotopic (exact) mass is 456 g/mol. The second-order valence-electron chi connectivity index (χ2n) is 8.29. The van der Waals surface area contributed by atoms with E-state index in [1.54, 1.807) is 18.2 Å². The first-order valence-corrected chi connectivity index (χ1v) is 11.4. The van der Waals surface area contributed by atoms with Crippen LogP contribution in [0.15, 0.2) is 84.9 Å². The van der Waals surface area contributed by atoms with Crippen LogP contribution in [-0.2, 0) is 4.79 Å². The van der Waals surface area contributed by atoms with E-state index in [1.165, 1.54) is 0 Å². The number of piperazine rings is 1. The van der Waals surface area contributed by atoms with Crippen LogP contribution in [0.1, 0.15) is 24.1 Å². The highest BCUT2D eigenvalue weighted by Gasteiger charge is 2.23. The van der Waals surface area contributed by atoms with E-state index in [1.807, 2.05) is 84.6 Å². The maximum Gasteiger partial charge on any atom is 0.292 e. The third-order valence-corrected chi connectivity index (χ3v) is 6.02. The van der Waals surface area contributed by atoms with Crippen LogP contribution in [0.25, 0.3) is 6.08 Å². The van der Waals surface area contributed by atoms with Gasteiger partial charge in [-0.1, -0.05) is 60.7 Å². The molecule has 1 N–H and O–H groups in total. The Morgan fingerprint density at radius 1 is 0.971 bits per heavy atom. The van der Waals surface area contributed by atoms with E-state index in [-0.39, 0.29) is 22.6 Å². The Morgan fingerprint density at radius 3 is 2.26 bits per heavy atom. The van der Waals surface area contributed by atoms with Gasteiger partial charge in [-0.2, -0.15) is 0 Å². The minimum Gasteiger partial charge on any atom is -0.373 e. The highest BCUT2D eigenvalue weighted by molar-refractivity contribution is 5.92. The van der Waals surface area contributed by atoms with Gasteiger partial charge in [-0.05, 0) is 36.3 Å². The summed E-state index contributed by atoms with van der Waals surface area (Å²) in [7, 11) is 0. The number of hydrogen-bond donors (Lipinski definition) is 1. The standard InChI is InChI=1S/C27H28N4O3/c1-21(23-10-6-3-7-11-23)28-25-20-24(13-14-26(25)31(33)34)29-16-18-30(19-17-29)27(32)15-12-22-8-4-2-5-9-22/h2-15,20-21,28H,16-19H2,1H3. The van der Waals surface area contributed by atoms with Gasteiger partial charge in [0.1, 0.15) is 5.69 Å². The number of benzene rings is 3. The summed E-state index contributed by atoms with van der Waals surface area (Å²) in [5.74, 6) is -0.00811. The molecule has 34 heavy (non-hydrogen) atoms. The van der Waals surface area contributed by atoms with Gasteiger partial charge < -0.3 is 15.1 Å². The Bertz CT molecular complexity index is 1160. The third-order valence-electron chi connectivity index (χ3n) is 6.02. The summed E-state index contributed by atoms with van der Waals surface area (Å²) in [6.45, 7) is 4.50. The predicted octanol–water partition coefficient (Wildman–Crippen LogP) is 5.13. The molecule has 4 rings (SSSR count). The van der Waals surface area contributed by atoms with Gasteiger partial charge in [-0.3, -0.25) is 14.9 Å². The third kappa shape index (κ3) is 5.61. The second-order valence-corrected chi connectivity index (χ2v) is 8.29. The topological polar surface area (TPSA) is 78.7 Å². The molecule has 1 saturated heterocycles. The SMILES string of the molecule is CC(Nc1cc(N2CCN(C(=O)C=Cc3ccccc3)CC2)ccc1[N+](=O)[O-])c1ccccc1. The summed E-state index contributed by atoms with van der Waals surface area (Å²) in [4.78, 5) is 27.8. The molecule has 0 aromatic heterocycles. The number of amides is 1. The number of anilines is 2. The Balaban J connectivity index is 1.42. The zero-order valence-electron chi connectivity index (χ0n) is 19.1. The molecule has 1 amide bonds. The smallest absolute Gasteiger partial charge is 0.292 e. The van der Waals surface area contributed by atoms with E-state index in [4.69, 9.17) is 0 Å². The van der Waals surface area contributed by atoms with Gasteiger partial charge in [0.2, 0.25) is 5.91 Å². The minimum absolute atomic E-state index is 0.00811. The normalized spacial score (nSPS) is 14.7. The van der Waals surface area contributed by atoms with Crippen LogP contribution in [0.3, 0.4) is 0 Å². The van der Waals surface area contributed by atoms with Gasteiger partial charge >= 0.3 is 0 Å². The summed E-state index contributed by atoms with van der Waals surface area (Å²) in [6.07, 6.45) is 3.45. The molecule has 1 atom stereocenters. The van der Waals surface area contributed by atoms with Crippen molar-refractivity contribution in [3.63, 3.8) is 0 Å². The zero-order chi connectivity index (χ0) is 23.9. The molecular weight excluding hydrogens is 428 g/mol. The van der Waals surface area contributed by atoms with E-state index in [0.717, 1.165) is 16.8 Å². The molecule has 1 fully saturated rings. The van der Waals surface area contributed by atoms with Crippen molar-refractivity contribution < 1.29 is 9.72 Å². The fourth-order valence-corrected chi connectivity index (χ4v) is 4.08. The number of carbonyl (C=O) groups is 1. The van der Waals surface area contributed by atoms with Crippen LogP contribution in [-0.4, -0.2) is 41.9 Å². The predicted molar refractivity (Wildman–Crippen MR) is 136 cm³/mol. The van der Waals surface area contributed by atoms with Crippen LogP contribution < -0.4 is 10.2 Å². The summed E-state index contributed by atoms with van der Waals surface area (Å²) >= 11 is 0. The van der Waals surface area contributed by atoms with E-state index >= 15 is 0 Å². The number of nitro benzene ring substituents is 1. The quantitative estimate of drug-likeness (QED) is 0.303. The van der Waals surface area contributed by atoms with Crippen LogP contribution in [0.4, 0.5) is 17.1 Å². The lowest BCUT2D eigenvalue weighted by atomic mass is 10.1. The molecule has 7 nitrogen and oxygen atoms in total. The van der Waals surface area contributed by atoms with Crippen LogP contribution in [0.2, 0.25) is 0 Å². The molecule has 0 saturated carbocycles. The number of nitrogens with one attached hydrogen (secondary N) is 1. The number of hydrogen-bond acceptors (Lipinski definition) is 5. The van der Waals surface area contributed by atoms with Crippen molar-refractivity contribution in [2.45, 2.75) is 13.0 Å². The molecule has 1 unspecified atom stereocenters. The van der Waals surface area contributed by atoms with E-state index in [9.17, 15) is 14.9 Å². The lowest BCUT2D eigenvalue weighted by molar-refractivity contribution is -0.384. The summed E-state index contributed by atoms with van der Waals surface area (Å²) in [6, 6.07) is 24.7. The average molecular weight is 457 g/mol. The first kappa shape index (κ1) is 23.0. The molecule has 7 heteroatoms. The molecule has 1 aliphatic heterocycles. The van der Waals surface area contributed by atoms with Crippen molar-refractivity contribution in [3.8, 4) is 0 Å². The fourth-order valence-electron chi connectivity index (χ4n) is 4.08. The zero-order valence-corrected chi connectivity index (χ0v) is 19.1. The number of carbonyl (C=O) groups excluding carboxylic acids is 1. The largest absolute Gasteiger partial charge is 0.373 e. The van der Waals surface area contributed by atoms with Crippen LogP contribution in [0.5, 0.6) is 0 Å². The molecule has 0 bridgehead atoms. The van der Waals surface area contributed by atoms with Crippen LogP contribution >= 0.6 is 0 Å². The van der Waals surface area contributed by atoms with Crippen molar-refractivity contribution >= 4 is 29.0 Å². The molecular formula is C27H28N4O3. The molecule has 1 heterocycles. The summed E-state index contributed by atoms with van der Waals surface area (Å²) in [5.41, 5.74) is 3.48. The van der Waals surface area contributed by atoms with Gasteiger partial charge in [0.15, 0.2) is 0 Å². The number of rotatable bonds is 7. The Morgan fingerprint density at radius 2 is 1.62 bits per heavy atom. The maximum absolute atomic E-state index is 12.6. The minimum atomic E-state index is -0.362. The lowest BCUT2D eigenvalue weighted by Gasteiger charge is -2.36. The summed E-state index contributed by atoms with van der Waals surface area (Å²) < 4.78 is 0. The molecule has 0 radical (unpaired) electrons. The van der Waals surface area contributed by atoms with E-state index in [0.29, 0.717) is 31.9 Å². The Hall–Kier alpha value is -4.13. The van der Waals surface area contributed by atoms with Gasteiger partial charge in [-0.15, -0.1) is 0 Å². The van der Waals surface area contributed by atoms with Crippen molar-refractivity contribution in [2.24, 2.45) is 0 Å². The maximum atomic E-state index is 12.6. The average Bonchev–Trinajstić information content (AvgIpc) is 2.88. The highest BCUT2D eigenvalue weighted by Crippen LogP contribution is 2.32. The molecule has 3 aromatic carbocycles. The van der Waals surface area contributed by atoms with Gasteiger partial charge in [0.25, 0.3) is 5.69 Å². The fraction of sp³-hybridized carbons (Fsp3) is 0.222. The van der Waals surface area contributed by atoms with Crippen molar-refractivity contribution in [1.82, 2.24) is 4.90 Å². The first-order valence-electron chi connectivity index (χ1n) is 11.4. The second kappa shape index (κ2) is 10.7. The first-order chi connectivity index (χ1) is 16.5.